The van der Waals surface area contributed by atoms with Crippen LogP contribution in [0, 0.1) is 5.92 Å². The van der Waals surface area contributed by atoms with E-state index in [1.54, 1.807) is 19.4 Å². The van der Waals surface area contributed by atoms with Crippen LogP contribution in [0.3, 0.4) is 0 Å². The number of rotatable bonds is 4. The van der Waals surface area contributed by atoms with Gasteiger partial charge in [0, 0.05) is 11.8 Å². The fourth-order valence-electron chi connectivity index (χ4n) is 1.40. The summed E-state index contributed by atoms with van der Waals surface area (Å²) in [6, 6.07) is 1.84. The Morgan fingerprint density at radius 1 is 1.53 bits per heavy atom. The van der Waals surface area contributed by atoms with E-state index in [-0.39, 0.29) is 0 Å². The smallest absolute Gasteiger partial charge is 0.130 e. The molecule has 0 spiro atoms. The zero-order chi connectivity index (χ0) is 11.4. The summed E-state index contributed by atoms with van der Waals surface area (Å²) in [7, 11) is 1.65. The third-order valence-corrected chi connectivity index (χ3v) is 2.37. The van der Waals surface area contributed by atoms with Crippen molar-refractivity contribution in [2.45, 2.75) is 13.8 Å². The van der Waals surface area contributed by atoms with E-state index in [1.165, 1.54) is 0 Å². The molecule has 1 rings (SSSR count). The molecule has 0 bridgehead atoms. The van der Waals surface area contributed by atoms with Crippen LogP contribution in [0.1, 0.15) is 25.1 Å². The fourth-order valence-corrected chi connectivity index (χ4v) is 1.40. The highest BCUT2D eigenvalue weighted by atomic mass is 16.5. The van der Waals surface area contributed by atoms with Crippen molar-refractivity contribution in [1.82, 2.24) is 4.98 Å². The monoisotopic (exact) mass is 203 g/mol. The van der Waals surface area contributed by atoms with Gasteiger partial charge in [-0.1, -0.05) is 27.0 Å². The normalized spacial score (nSPS) is 10.1. The van der Waals surface area contributed by atoms with E-state index < -0.39 is 0 Å². The summed E-state index contributed by atoms with van der Waals surface area (Å²) in [5, 5.41) is 0. The second-order valence-corrected chi connectivity index (χ2v) is 3.66. The summed E-state index contributed by atoms with van der Waals surface area (Å²) in [4.78, 5) is 4.25. The summed E-state index contributed by atoms with van der Waals surface area (Å²) in [5.41, 5.74) is 2.81. The molecule has 0 fully saturated rings. The van der Waals surface area contributed by atoms with Gasteiger partial charge in [0.15, 0.2) is 0 Å². The third-order valence-electron chi connectivity index (χ3n) is 2.37. The second kappa shape index (κ2) is 4.78. The Morgan fingerprint density at radius 3 is 2.67 bits per heavy atom. The first-order valence-corrected chi connectivity index (χ1v) is 4.96. The Labute approximate surface area is 91.3 Å². The van der Waals surface area contributed by atoms with Gasteiger partial charge in [-0.25, -0.2) is 0 Å². The molecule has 0 aliphatic carbocycles. The molecule has 0 aliphatic rings. The van der Waals surface area contributed by atoms with E-state index in [1.807, 2.05) is 6.07 Å². The van der Waals surface area contributed by atoms with Crippen LogP contribution < -0.4 is 4.74 Å². The lowest BCUT2D eigenvalue weighted by Gasteiger charge is -2.15. The van der Waals surface area contributed by atoms with E-state index in [4.69, 9.17) is 4.74 Å². The molecule has 1 aromatic rings. The standard InChI is InChI=1S/C13H17NO/c1-6-11-13(10(4)9(2)3)12(15-5)7-8-14-11/h6-9H,1,4H2,2-3,5H3. The molecule has 15 heavy (non-hydrogen) atoms. The van der Waals surface area contributed by atoms with Crippen molar-refractivity contribution in [3.8, 4) is 5.75 Å². The van der Waals surface area contributed by atoms with Gasteiger partial charge in [-0.3, -0.25) is 4.98 Å². The predicted molar refractivity (Wildman–Crippen MR) is 64.8 cm³/mol. The maximum atomic E-state index is 5.31. The van der Waals surface area contributed by atoms with Crippen molar-refractivity contribution < 1.29 is 4.74 Å². The van der Waals surface area contributed by atoms with E-state index in [0.717, 1.165) is 22.6 Å². The van der Waals surface area contributed by atoms with Gasteiger partial charge in [-0.15, -0.1) is 0 Å². The van der Waals surface area contributed by atoms with Crippen LogP contribution in [0.25, 0.3) is 11.6 Å². The molecule has 80 valence electrons. The summed E-state index contributed by atoms with van der Waals surface area (Å²) < 4.78 is 5.31. The van der Waals surface area contributed by atoms with E-state index in [2.05, 4.69) is 32.0 Å². The number of allylic oxidation sites excluding steroid dienone is 1. The first-order chi connectivity index (χ1) is 7.11. The van der Waals surface area contributed by atoms with Crippen molar-refractivity contribution in [1.29, 1.82) is 0 Å². The van der Waals surface area contributed by atoms with Gasteiger partial charge in [-0.05, 0) is 23.6 Å². The minimum Gasteiger partial charge on any atom is -0.496 e. The van der Waals surface area contributed by atoms with Crippen LogP contribution in [0.5, 0.6) is 5.75 Å². The molecular weight excluding hydrogens is 186 g/mol. The zero-order valence-electron chi connectivity index (χ0n) is 9.58. The van der Waals surface area contributed by atoms with Crippen LogP contribution in [-0.4, -0.2) is 12.1 Å². The number of aromatic nitrogens is 1. The first kappa shape index (κ1) is 11.5. The van der Waals surface area contributed by atoms with Crippen LogP contribution >= 0.6 is 0 Å². The van der Waals surface area contributed by atoms with E-state index in [0.29, 0.717) is 5.92 Å². The van der Waals surface area contributed by atoms with Gasteiger partial charge in [0.1, 0.15) is 5.75 Å². The number of hydrogen-bond acceptors (Lipinski definition) is 2. The number of methoxy groups -OCH3 is 1. The van der Waals surface area contributed by atoms with Gasteiger partial charge < -0.3 is 4.74 Å². The zero-order valence-corrected chi connectivity index (χ0v) is 9.58. The molecule has 1 aromatic heterocycles. The van der Waals surface area contributed by atoms with Crippen molar-refractivity contribution in [3.63, 3.8) is 0 Å². The van der Waals surface area contributed by atoms with Crippen molar-refractivity contribution >= 4 is 11.6 Å². The Hall–Kier alpha value is -1.57. The largest absolute Gasteiger partial charge is 0.496 e. The Bertz CT molecular complexity index is 380. The van der Waals surface area contributed by atoms with Crippen LogP contribution in [-0.2, 0) is 0 Å². The lowest BCUT2D eigenvalue weighted by Crippen LogP contribution is -2.00. The molecule has 0 atom stereocenters. The van der Waals surface area contributed by atoms with Crippen molar-refractivity contribution in [3.05, 3.63) is 36.7 Å². The summed E-state index contributed by atoms with van der Waals surface area (Å²) in [6.07, 6.45) is 3.44. The number of ether oxygens (including phenoxy) is 1. The van der Waals surface area contributed by atoms with E-state index >= 15 is 0 Å². The molecule has 0 saturated heterocycles. The Balaban J connectivity index is 3.34. The number of pyridine rings is 1. The summed E-state index contributed by atoms with van der Waals surface area (Å²) in [6.45, 7) is 12.0. The minimum atomic E-state index is 0.363. The van der Waals surface area contributed by atoms with Gasteiger partial charge in [0.25, 0.3) is 0 Å². The molecule has 0 saturated carbocycles. The molecule has 0 aliphatic heterocycles. The molecule has 0 unspecified atom stereocenters. The Morgan fingerprint density at radius 2 is 2.20 bits per heavy atom. The maximum Gasteiger partial charge on any atom is 0.130 e. The molecule has 0 amide bonds. The van der Waals surface area contributed by atoms with Gasteiger partial charge in [0.2, 0.25) is 0 Å². The number of nitrogens with zero attached hydrogens (tertiary/aromatic N) is 1. The fraction of sp³-hybridized carbons (Fsp3) is 0.308. The summed E-state index contributed by atoms with van der Waals surface area (Å²) >= 11 is 0. The predicted octanol–water partition coefficient (Wildman–Crippen LogP) is 3.40. The highest BCUT2D eigenvalue weighted by molar-refractivity contribution is 5.76. The quantitative estimate of drug-likeness (QED) is 0.748. The van der Waals surface area contributed by atoms with Crippen LogP contribution in [0.15, 0.2) is 25.4 Å². The molecule has 2 nitrogen and oxygen atoms in total. The highest BCUT2D eigenvalue weighted by Crippen LogP contribution is 2.31. The topological polar surface area (TPSA) is 22.1 Å². The average Bonchev–Trinajstić information content (AvgIpc) is 2.26. The first-order valence-electron chi connectivity index (χ1n) is 4.96. The van der Waals surface area contributed by atoms with Crippen LogP contribution in [0.2, 0.25) is 0 Å². The van der Waals surface area contributed by atoms with Crippen molar-refractivity contribution in [2.24, 2.45) is 5.92 Å². The van der Waals surface area contributed by atoms with Crippen molar-refractivity contribution in [2.75, 3.05) is 7.11 Å². The lowest BCUT2D eigenvalue weighted by molar-refractivity contribution is 0.412. The molecule has 0 N–H and O–H groups in total. The second-order valence-electron chi connectivity index (χ2n) is 3.66. The van der Waals surface area contributed by atoms with Gasteiger partial charge in [-0.2, -0.15) is 0 Å². The third kappa shape index (κ3) is 2.27. The molecule has 2 heteroatoms. The van der Waals surface area contributed by atoms with Gasteiger partial charge in [0.05, 0.1) is 12.8 Å². The molecule has 0 radical (unpaired) electrons. The Kier molecular flexibility index (Phi) is 3.67. The van der Waals surface area contributed by atoms with Crippen LogP contribution in [0.4, 0.5) is 0 Å². The molecular formula is C13H17NO. The van der Waals surface area contributed by atoms with E-state index in [9.17, 15) is 0 Å². The number of hydrogen-bond donors (Lipinski definition) is 0. The minimum absolute atomic E-state index is 0.363. The molecule has 0 aromatic carbocycles. The average molecular weight is 203 g/mol. The highest BCUT2D eigenvalue weighted by Gasteiger charge is 2.13. The SMILES string of the molecule is C=Cc1nccc(OC)c1C(=C)C(C)C. The summed E-state index contributed by atoms with van der Waals surface area (Å²) in [5.74, 6) is 1.17. The molecule has 1 heterocycles. The van der Waals surface area contributed by atoms with Gasteiger partial charge >= 0.3 is 0 Å². The lowest BCUT2D eigenvalue weighted by atomic mass is 9.95. The maximum absolute atomic E-state index is 5.31.